The molecule has 1 atom stereocenters. The second-order valence-electron chi connectivity index (χ2n) is 3.93. The van der Waals surface area contributed by atoms with Gasteiger partial charge in [-0.1, -0.05) is 12.1 Å². The van der Waals surface area contributed by atoms with Crippen LogP contribution in [-0.4, -0.2) is 21.7 Å². The molecule has 0 bridgehead atoms. The van der Waals surface area contributed by atoms with Gasteiger partial charge in [-0.25, -0.2) is 4.98 Å². The Morgan fingerprint density at radius 3 is 2.82 bits per heavy atom. The predicted octanol–water partition coefficient (Wildman–Crippen LogP) is 1.97. The topological polar surface area (TPSA) is 55.2 Å². The number of fused-ring (bicyclic) bond motifs is 1. The monoisotopic (exact) mass is 228 g/mol. The van der Waals surface area contributed by atoms with Crippen molar-refractivity contribution in [3.63, 3.8) is 0 Å². The number of benzene rings is 1. The largest absolute Gasteiger partial charge is 0.495 e. The number of hydrogen-bond acceptors (Lipinski definition) is 4. The summed E-state index contributed by atoms with van der Waals surface area (Å²) < 4.78 is 5.32. The molecule has 0 saturated carbocycles. The number of para-hydroxylation sites is 2. The van der Waals surface area contributed by atoms with E-state index in [0.717, 1.165) is 17.5 Å². The van der Waals surface area contributed by atoms with Crippen molar-refractivity contribution in [2.24, 2.45) is 0 Å². The van der Waals surface area contributed by atoms with E-state index >= 15 is 0 Å². The summed E-state index contributed by atoms with van der Waals surface area (Å²) in [5.74, 6) is 0.578. The average Bonchev–Trinajstić information content (AvgIpc) is 2.91. The molecule has 0 radical (unpaired) electrons. The van der Waals surface area contributed by atoms with Gasteiger partial charge in [0.25, 0.3) is 0 Å². The van der Waals surface area contributed by atoms with Gasteiger partial charge in [-0.15, -0.1) is 0 Å². The molecule has 86 valence electrons. The molecule has 0 amide bonds. The number of nitrogens with zero attached hydrogens (tertiary/aromatic N) is 2. The Hall–Kier alpha value is -1.94. The first-order valence-electron chi connectivity index (χ1n) is 5.57. The molecule has 4 heteroatoms. The summed E-state index contributed by atoms with van der Waals surface area (Å²) in [5.41, 5.74) is 2.13. The lowest BCUT2D eigenvalue weighted by Crippen LogP contribution is -2.05. The molecule has 1 N–H and O–H groups in total. The Morgan fingerprint density at radius 1 is 1.24 bits per heavy atom. The van der Waals surface area contributed by atoms with Gasteiger partial charge in [0.05, 0.1) is 29.5 Å². The Morgan fingerprint density at radius 2 is 2.06 bits per heavy atom. The van der Waals surface area contributed by atoms with E-state index in [4.69, 9.17) is 4.74 Å². The maximum absolute atomic E-state index is 10.1. The molecule has 17 heavy (non-hydrogen) atoms. The third-order valence-corrected chi connectivity index (χ3v) is 2.75. The first-order chi connectivity index (χ1) is 8.34. The molecular weight excluding hydrogens is 216 g/mol. The molecule has 1 aromatic carbocycles. The number of rotatable bonds is 2. The molecule has 4 nitrogen and oxygen atoms in total. The minimum Gasteiger partial charge on any atom is -0.495 e. The van der Waals surface area contributed by atoms with Crippen molar-refractivity contribution < 1.29 is 9.84 Å². The van der Waals surface area contributed by atoms with Crippen LogP contribution in [0.4, 0.5) is 0 Å². The molecule has 0 fully saturated rings. The van der Waals surface area contributed by atoms with Crippen molar-refractivity contribution >= 4 is 11.0 Å². The summed E-state index contributed by atoms with van der Waals surface area (Å²) >= 11 is 0. The van der Waals surface area contributed by atoms with Crippen molar-refractivity contribution in [3.05, 3.63) is 48.0 Å². The molecule has 1 aliphatic heterocycles. The second kappa shape index (κ2) is 4.14. The van der Waals surface area contributed by atoms with Gasteiger partial charge in [-0.05, 0) is 18.2 Å². The van der Waals surface area contributed by atoms with Crippen LogP contribution in [0.15, 0.2) is 42.3 Å². The SMILES string of the molecule is OC(C1=CCCO1)c1cnc2ccccc2n1. The Bertz CT molecular complexity index is 580. The Labute approximate surface area is 98.6 Å². The minimum atomic E-state index is -0.811. The zero-order valence-electron chi connectivity index (χ0n) is 9.21. The fourth-order valence-corrected chi connectivity index (χ4v) is 1.88. The normalized spacial score (nSPS) is 16.6. The van der Waals surface area contributed by atoms with Crippen LogP contribution in [0.2, 0.25) is 0 Å². The third kappa shape index (κ3) is 1.87. The number of aliphatic hydroxyl groups is 1. The van der Waals surface area contributed by atoms with Crippen molar-refractivity contribution in [3.8, 4) is 0 Å². The summed E-state index contributed by atoms with van der Waals surface area (Å²) in [6, 6.07) is 7.58. The van der Waals surface area contributed by atoms with E-state index in [-0.39, 0.29) is 0 Å². The molecule has 0 saturated heterocycles. The van der Waals surface area contributed by atoms with Crippen LogP contribution in [0.3, 0.4) is 0 Å². The molecule has 0 spiro atoms. The first kappa shape index (κ1) is 10.2. The summed E-state index contributed by atoms with van der Waals surface area (Å²) in [4.78, 5) is 8.65. The van der Waals surface area contributed by atoms with E-state index < -0.39 is 6.10 Å². The standard InChI is InChI=1S/C13H12N2O2/c16-13(12-6-3-7-17-12)11-8-14-9-4-1-2-5-10(9)15-11/h1-2,4-6,8,13,16H,3,7H2. The Kier molecular flexibility index (Phi) is 2.49. The van der Waals surface area contributed by atoms with Gasteiger partial charge >= 0.3 is 0 Å². The van der Waals surface area contributed by atoms with Gasteiger partial charge < -0.3 is 9.84 Å². The maximum Gasteiger partial charge on any atom is 0.154 e. The first-order valence-corrected chi connectivity index (χ1v) is 5.57. The number of aliphatic hydroxyl groups excluding tert-OH is 1. The fraction of sp³-hybridized carbons (Fsp3) is 0.231. The summed E-state index contributed by atoms with van der Waals surface area (Å²) in [6.45, 7) is 0.632. The van der Waals surface area contributed by atoms with Crippen LogP contribution in [0.25, 0.3) is 11.0 Å². The average molecular weight is 228 g/mol. The molecular formula is C13H12N2O2. The van der Waals surface area contributed by atoms with Crippen molar-refractivity contribution in [1.82, 2.24) is 9.97 Å². The molecule has 2 aromatic rings. The van der Waals surface area contributed by atoms with E-state index in [9.17, 15) is 5.11 Å². The van der Waals surface area contributed by atoms with E-state index in [1.807, 2.05) is 30.3 Å². The molecule has 1 aromatic heterocycles. The maximum atomic E-state index is 10.1. The van der Waals surface area contributed by atoms with Gasteiger partial charge in [0.2, 0.25) is 0 Å². The van der Waals surface area contributed by atoms with Crippen molar-refractivity contribution in [1.29, 1.82) is 0 Å². The number of ether oxygens (including phenoxy) is 1. The summed E-state index contributed by atoms with van der Waals surface area (Å²) in [5, 5.41) is 10.1. The van der Waals surface area contributed by atoms with E-state index in [2.05, 4.69) is 9.97 Å². The molecule has 1 unspecified atom stereocenters. The molecule has 3 rings (SSSR count). The number of hydrogen-bond donors (Lipinski definition) is 1. The van der Waals surface area contributed by atoms with Gasteiger partial charge in [0.15, 0.2) is 6.10 Å². The number of aromatic nitrogens is 2. The van der Waals surface area contributed by atoms with Gasteiger partial charge in [0.1, 0.15) is 5.76 Å². The highest BCUT2D eigenvalue weighted by Crippen LogP contribution is 2.25. The van der Waals surface area contributed by atoms with Crippen LogP contribution >= 0.6 is 0 Å². The Balaban J connectivity index is 2.00. The third-order valence-electron chi connectivity index (χ3n) is 2.75. The van der Waals surface area contributed by atoms with Gasteiger partial charge in [0, 0.05) is 6.42 Å². The summed E-state index contributed by atoms with van der Waals surface area (Å²) in [6.07, 6.45) is 3.51. The van der Waals surface area contributed by atoms with E-state index in [1.165, 1.54) is 0 Å². The van der Waals surface area contributed by atoms with E-state index in [0.29, 0.717) is 18.1 Å². The lowest BCUT2D eigenvalue weighted by atomic mass is 10.2. The fourth-order valence-electron chi connectivity index (χ4n) is 1.88. The van der Waals surface area contributed by atoms with Crippen LogP contribution < -0.4 is 0 Å². The van der Waals surface area contributed by atoms with Gasteiger partial charge in [-0.2, -0.15) is 0 Å². The highest BCUT2D eigenvalue weighted by molar-refractivity contribution is 5.73. The summed E-state index contributed by atoms with van der Waals surface area (Å²) in [7, 11) is 0. The van der Waals surface area contributed by atoms with Crippen LogP contribution in [0.1, 0.15) is 18.2 Å². The molecule has 0 aliphatic carbocycles. The second-order valence-corrected chi connectivity index (χ2v) is 3.93. The quantitative estimate of drug-likeness (QED) is 0.853. The lowest BCUT2D eigenvalue weighted by molar-refractivity contribution is 0.116. The highest BCUT2D eigenvalue weighted by atomic mass is 16.5. The van der Waals surface area contributed by atoms with Crippen LogP contribution in [0, 0.1) is 0 Å². The van der Waals surface area contributed by atoms with Crippen LogP contribution in [-0.2, 0) is 4.74 Å². The zero-order valence-corrected chi connectivity index (χ0v) is 9.21. The zero-order chi connectivity index (χ0) is 11.7. The van der Waals surface area contributed by atoms with E-state index in [1.54, 1.807) is 6.20 Å². The smallest absolute Gasteiger partial charge is 0.154 e. The van der Waals surface area contributed by atoms with Crippen molar-refractivity contribution in [2.45, 2.75) is 12.5 Å². The molecule has 2 heterocycles. The van der Waals surface area contributed by atoms with Gasteiger partial charge in [-0.3, -0.25) is 4.98 Å². The highest BCUT2D eigenvalue weighted by Gasteiger charge is 2.19. The van der Waals surface area contributed by atoms with Crippen molar-refractivity contribution in [2.75, 3.05) is 6.61 Å². The molecule has 1 aliphatic rings. The minimum absolute atomic E-state index is 0.525. The predicted molar refractivity (Wildman–Crippen MR) is 63.1 cm³/mol. The lowest BCUT2D eigenvalue weighted by Gasteiger charge is -2.11. The van der Waals surface area contributed by atoms with Crippen LogP contribution in [0.5, 0.6) is 0 Å².